The number of nitriles is 1. The zero-order chi connectivity index (χ0) is 19.8. The van der Waals surface area contributed by atoms with Crippen molar-refractivity contribution < 1.29 is 13.2 Å². The molecule has 0 radical (unpaired) electrons. The molecule has 1 heterocycles. The second-order valence-electron chi connectivity index (χ2n) is 6.99. The first-order valence-electron chi connectivity index (χ1n) is 8.59. The molecule has 27 heavy (non-hydrogen) atoms. The van der Waals surface area contributed by atoms with E-state index in [9.17, 15) is 13.2 Å². The molecule has 3 rings (SSSR count). The molecule has 2 atom stereocenters. The number of hydrogen-bond acceptors (Lipinski definition) is 5. The lowest BCUT2D eigenvalue weighted by Gasteiger charge is -2.36. The number of aryl methyl sites for hydroxylation is 1. The van der Waals surface area contributed by atoms with Crippen LogP contribution < -0.4 is 5.73 Å². The largest absolute Gasteiger partial charge is 0.323 e. The van der Waals surface area contributed by atoms with E-state index in [1.54, 1.807) is 12.1 Å². The van der Waals surface area contributed by atoms with Gasteiger partial charge in [-0.15, -0.1) is 0 Å². The summed E-state index contributed by atoms with van der Waals surface area (Å²) in [5, 5.41) is 8.97. The highest BCUT2D eigenvalue weighted by atomic mass is 32.2. The molecule has 0 saturated heterocycles. The van der Waals surface area contributed by atoms with Crippen LogP contribution in [0.15, 0.2) is 59.8 Å². The van der Waals surface area contributed by atoms with E-state index in [2.05, 4.69) is 0 Å². The van der Waals surface area contributed by atoms with Crippen LogP contribution in [0.2, 0.25) is 0 Å². The average Bonchev–Trinajstić information content (AvgIpc) is 3.14. The van der Waals surface area contributed by atoms with Gasteiger partial charge in [0.05, 0.1) is 6.07 Å². The average molecular weight is 383 g/mol. The first-order chi connectivity index (χ1) is 12.7. The molecule has 1 aromatic rings. The highest BCUT2D eigenvalue weighted by molar-refractivity contribution is 7.90. The fourth-order valence-electron chi connectivity index (χ4n) is 3.12. The molecular formula is C20H21N3O3S. The van der Waals surface area contributed by atoms with Crippen LogP contribution in [-0.2, 0) is 10.0 Å². The Hall–Kier alpha value is -2.69. The number of allylic oxidation sites excluding steroid dienone is 2. The number of sulfonamides is 1. The fraction of sp³-hybridized carbons (Fsp3) is 0.300. The molecule has 6 nitrogen and oxygen atoms in total. The molecule has 0 saturated carbocycles. The minimum atomic E-state index is -3.83. The summed E-state index contributed by atoms with van der Waals surface area (Å²) < 4.78 is 26.0. The van der Waals surface area contributed by atoms with Crippen LogP contribution in [0.25, 0.3) is 0 Å². The molecule has 1 aliphatic heterocycles. The highest BCUT2D eigenvalue weighted by Crippen LogP contribution is 2.34. The normalized spacial score (nSPS) is 25.0. The maximum Gasteiger partial charge on any atom is 0.245 e. The Morgan fingerprint density at radius 1 is 1.33 bits per heavy atom. The van der Waals surface area contributed by atoms with Gasteiger partial charge in [-0.1, -0.05) is 48.1 Å². The Bertz CT molecular complexity index is 1010. The molecule has 7 heteroatoms. The van der Waals surface area contributed by atoms with Gasteiger partial charge in [-0.05, 0) is 13.8 Å². The molecular weight excluding hydrogens is 362 g/mol. The van der Waals surface area contributed by atoms with E-state index < -0.39 is 20.8 Å². The van der Waals surface area contributed by atoms with E-state index in [4.69, 9.17) is 11.0 Å². The second kappa shape index (κ2) is 6.80. The number of hydrogen-bond donors (Lipinski definition) is 1. The Labute approximate surface area is 159 Å². The van der Waals surface area contributed by atoms with Crippen molar-refractivity contribution in [2.24, 2.45) is 5.73 Å². The van der Waals surface area contributed by atoms with Crippen LogP contribution in [0.4, 0.5) is 0 Å². The van der Waals surface area contributed by atoms with Gasteiger partial charge in [0.25, 0.3) is 0 Å². The van der Waals surface area contributed by atoms with Gasteiger partial charge in [-0.3, -0.25) is 9.10 Å². The second-order valence-corrected chi connectivity index (χ2v) is 9.29. The summed E-state index contributed by atoms with van der Waals surface area (Å²) in [5.74, 6) is -0.200. The van der Waals surface area contributed by atoms with Gasteiger partial charge >= 0.3 is 0 Å². The van der Waals surface area contributed by atoms with Crippen molar-refractivity contribution in [2.75, 3.05) is 6.54 Å². The van der Waals surface area contributed by atoms with Crippen molar-refractivity contribution in [1.29, 1.82) is 5.26 Å². The van der Waals surface area contributed by atoms with Crippen LogP contribution in [0.3, 0.4) is 0 Å². The van der Waals surface area contributed by atoms with Crippen LogP contribution in [-0.4, -0.2) is 35.8 Å². The molecule has 0 bridgehead atoms. The standard InChI is InChI=1S/C20H21N3O3S/c1-14-3-5-16(6-4-14)19(24)17-7-9-20(2,18(22)11-17)27(25,26)23-10-8-15(12-21)13-23/h3-7,9,11,13,18H,8,10,22H2,1-2H3. The third-order valence-corrected chi connectivity index (χ3v) is 7.53. The predicted octanol–water partition coefficient (Wildman–Crippen LogP) is 2.20. The van der Waals surface area contributed by atoms with E-state index in [-0.39, 0.29) is 12.3 Å². The zero-order valence-corrected chi connectivity index (χ0v) is 16.0. The number of nitrogens with zero attached hydrogens (tertiary/aromatic N) is 2. The van der Waals surface area contributed by atoms with E-state index in [1.807, 2.05) is 25.1 Å². The lowest BCUT2D eigenvalue weighted by molar-refractivity contribution is 0.103. The quantitative estimate of drug-likeness (QED) is 0.803. The van der Waals surface area contributed by atoms with E-state index >= 15 is 0 Å². The summed E-state index contributed by atoms with van der Waals surface area (Å²) >= 11 is 0. The first kappa shape index (κ1) is 19.1. The minimum absolute atomic E-state index is 0.200. The van der Waals surface area contributed by atoms with Crippen LogP contribution in [0.5, 0.6) is 0 Å². The first-order valence-corrected chi connectivity index (χ1v) is 10.0. The molecule has 0 amide bonds. The summed E-state index contributed by atoms with van der Waals surface area (Å²) in [5.41, 5.74) is 8.55. The van der Waals surface area contributed by atoms with Gasteiger partial charge in [0.15, 0.2) is 5.78 Å². The number of benzene rings is 1. The lowest BCUT2D eigenvalue weighted by atomic mass is 9.89. The Morgan fingerprint density at radius 2 is 2.00 bits per heavy atom. The van der Waals surface area contributed by atoms with E-state index in [0.29, 0.717) is 23.1 Å². The topological polar surface area (TPSA) is 104 Å². The molecule has 1 aliphatic carbocycles. The molecule has 140 valence electrons. The van der Waals surface area contributed by atoms with Crippen molar-refractivity contribution in [3.63, 3.8) is 0 Å². The number of carbonyl (C=O) groups excluding carboxylic acids is 1. The summed E-state index contributed by atoms with van der Waals surface area (Å²) in [6, 6.07) is 8.26. The van der Waals surface area contributed by atoms with E-state index in [0.717, 1.165) is 5.56 Å². The molecule has 2 N–H and O–H groups in total. The summed E-state index contributed by atoms with van der Waals surface area (Å²) in [7, 11) is -3.83. The lowest BCUT2D eigenvalue weighted by Crippen LogP contribution is -2.54. The summed E-state index contributed by atoms with van der Waals surface area (Å²) in [4.78, 5) is 12.7. The minimum Gasteiger partial charge on any atom is -0.323 e. The number of ketones is 1. The number of carbonyl (C=O) groups is 1. The fourth-order valence-corrected chi connectivity index (χ4v) is 4.88. The van der Waals surface area contributed by atoms with Gasteiger partial charge in [0.2, 0.25) is 10.0 Å². The zero-order valence-electron chi connectivity index (χ0n) is 15.2. The molecule has 2 unspecified atom stereocenters. The molecule has 0 fully saturated rings. The van der Waals surface area contributed by atoms with Crippen molar-refractivity contribution >= 4 is 15.8 Å². The van der Waals surface area contributed by atoms with Gasteiger partial charge in [-0.25, -0.2) is 8.42 Å². The van der Waals surface area contributed by atoms with Crippen molar-refractivity contribution in [2.45, 2.75) is 31.1 Å². The van der Waals surface area contributed by atoms with Crippen molar-refractivity contribution in [3.8, 4) is 6.07 Å². The maximum absolute atomic E-state index is 13.1. The SMILES string of the molecule is Cc1ccc(C(=O)C2=CC(N)C(C)(S(=O)(=O)N3C=C(C#N)CC3)C=C2)cc1. The third kappa shape index (κ3) is 3.22. The van der Waals surface area contributed by atoms with E-state index in [1.165, 1.54) is 35.7 Å². The molecule has 0 aromatic heterocycles. The summed E-state index contributed by atoms with van der Waals surface area (Å²) in [6.45, 7) is 3.69. The molecule has 2 aliphatic rings. The van der Waals surface area contributed by atoms with Gasteiger partial charge in [0.1, 0.15) is 4.75 Å². The number of nitrogens with two attached hydrogens (primary N) is 1. The number of rotatable bonds is 4. The van der Waals surface area contributed by atoms with Crippen molar-refractivity contribution in [1.82, 2.24) is 4.31 Å². The van der Waals surface area contributed by atoms with Gasteiger partial charge < -0.3 is 5.73 Å². The smallest absolute Gasteiger partial charge is 0.245 e. The Kier molecular flexibility index (Phi) is 4.81. The highest BCUT2D eigenvalue weighted by Gasteiger charge is 2.47. The third-order valence-electron chi connectivity index (χ3n) is 5.10. The van der Waals surface area contributed by atoms with Gasteiger partial charge in [-0.2, -0.15) is 5.26 Å². The predicted molar refractivity (Wildman–Crippen MR) is 103 cm³/mol. The van der Waals surface area contributed by atoms with Crippen molar-refractivity contribution in [3.05, 3.63) is 71.0 Å². The maximum atomic E-state index is 13.1. The van der Waals surface area contributed by atoms with Gasteiger partial charge in [0, 0.05) is 41.9 Å². The molecule has 0 spiro atoms. The Morgan fingerprint density at radius 3 is 2.56 bits per heavy atom. The van der Waals surface area contributed by atoms with Crippen LogP contribution in [0.1, 0.15) is 29.3 Å². The monoisotopic (exact) mass is 383 g/mol. The molecule has 1 aromatic carbocycles. The Balaban J connectivity index is 1.88. The summed E-state index contributed by atoms with van der Waals surface area (Å²) in [6.07, 6.45) is 6.25. The number of Topliss-reactive ketones (excluding diaryl/α,β-unsaturated/α-hetero) is 1. The van der Waals surface area contributed by atoms with Crippen LogP contribution >= 0.6 is 0 Å². The van der Waals surface area contributed by atoms with Crippen LogP contribution in [0, 0.1) is 18.3 Å².